The van der Waals surface area contributed by atoms with E-state index in [1.54, 1.807) is 0 Å². The lowest BCUT2D eigenvalue weighted by Gasteiger charge is -2.42. The molecule has 2 rings (SSSR count). The molecule has 2 nitrogen and oxygen atoms in total. The van der Waals surface area contributed by atoms with Crippen molar-refractivity contribution in [3.63, 3.8) is 0 Å². The lowest BCUT2D eigenvalue weighted by atomic mass is 9.91. The van der Waals surface area contributed by atoms with Crippen molar-refractivity contribution in [2.24, 2.45) is 0 Å². The molecule has 2 fully saturated rings. The van der Waals surface area contributed by atoms with Gasteiger partial charge in [0.05, 0.1) is 0 Å². The third-order valence-electron chi connectivity index (χ3n) is 2.99. The smallest absolute Gasteiger partial charge is 0.0167 e. The highest BCUT2D eigenvalue weighted by Crippen LogP contribution is 2.25. The van der Waals surface area contributed by atoms with Crippen LogP contribution in [0.2, 0.25) is 0 Å². The van der Waals surface area contributed by atoms with E-state index in [1.165, 1.54) is 38.9 Å². The molecule has 1 heterocycles. The number of halogens is 2. The molecule has 13 heavy (non-hydrogen) atoms. The fourth-order valence-corrected chi connectivity index (χ4v) is 2.05. The van der Waals surface area contributed by atoms with Crippen molar-refractivity contribution in [2.75, 3.05) is 19.6 Å². The largest absolute Gasteiger partial charge is 0.312 e. The summed E-state index contributed by atoms with van der Waals surface area (Å²) in [6.45, 7) is 6.02. The molecular weight excluding hydrogens is 207 g/mol. The maximum absolute atomic E-state index is 3.47. The molecule has 0 radical (unpaired) electrons. The molecule has 0 unspecified atom stereocenters. The molecule has 0 aromatic heterocycles. The Hall–Kier alpha value is 0.500. The van der Waals surface area contributed by atoms with E-state index < -0.39 is 0 Å². The standard InChI is InChI=1S/C9H18N2.2ClH/c1-8-7-11(6-5-10-8)9-3-2-4-9;;/h8-10H,2-7H2,1H3;2*1H/t8-;;/m0../s1. The monoisotopic (exact) mass is 226 g/mol. The van der Waals surface area contributed by atoms with Gasteiger partial charge in [-0.1, -0.05) is 6.42 Å². The fourth-order valence-electron chi connectivity index (χ4n) is 2.05. The summed E-state index contributed by atoms with van der Waals surface area (Å²) in [4.78, 5) is 2.66. The summed E-state index contributed by atoms with van der Waals surface area (Å²) in [7, 11) is 0. The first-order chi connectivity index (χ1) is 5.36. The molecule has 0 aromatic rings. The summed E-state index contributed by atoms with van der Waals surface area (Å²) in [5, 5.41) is 3.47. The zero-order valence-corrected chi connectivity index (χ0v) is 9.79. The van der Waals surface area contributed by atoms with Gasteiger partial charge in [0, 0.05) is 31.7 Å². The van der Waals surface area contributed by atoms with Gasteiger partial charge in [-0.25, -0.2) is 0 Å². The molecule has 0 aromatic carbocycles. The first kappa shape index (κ1) is 13.5. The van der Waals surface area contributed by atoms with Gasteiger partial charge in [-0.2, -0.15) is 0 Å². The van der Waals surface area contributed by atoms with Gasteiger partial charge < -0.3 is 5.32 Å². The Morgan fingerprint density at radius 2 is 1.92 bits per heavy atom. The molecule has 1 aliphatic heterocycles. The Bertz CT molecular complexity index is 140. The van der Waals surface area contributed by atoms with Gasteiger partial charge in [-0.15, -0.1) is 24.8 Å². The molecule has 0 amide bonds. The average Bonchev–Trinajstić information content (AvgIpc) is 1.83. The van der Waals surface area contributed by atoms with E-state index in [-0.39, 0.29) is 24.8 Å². The van der Waals surface area contributed by atoms with Gasteiger partial charge >= 0.3 is 0 Å². The minimum Gasteiger partial charge on any atom is -0.312 e. The van der Waals surface area contributed by atoms with Crippen LogP contribution in [0.25, 0.3) is 0 Å². The van der Waals surface area contributed by atoms with Crippen molar-refractivity contribution in [3.8, 4) is 0 Å². The molecule has 1 atom stereocenters. The molecule has 4 heteroatoms. The lowest BCUT2D eigenvalue weighted by Crippen LogP contribution is -2.54. The summed E-state index contributed by atoms with van der Waals surface area (Å²) in [6, 6.07) is 1.66. The van der Waals surface area contributed by atoms with Crippen LogP contribution in [0.3, 0.4) is 0 Å². The third kappa shape index (κ3) is 3.28. The van der Waals surface area contributed by atoms with Crippen LogP contribution in [-0.4, -0.2) is 36.6 Å². The molecule has 1 N–H and O–H groups in total. The number of piperazine rings is 1. The molecule has 1 saturated carbocycles. The SMILES string of the molecule is C[C@H]1CN(C2CCC2)CCN1.Cl.Cl. The number of nitrogens with zero attached hydrogens (tertiary/aromatic N) is 1. The molecular formula is C9H20Cl2N2. The van der Waals surface area contributed by atoms with Crippen LogP contribution in [-0.2, 0) is 0 Å². The number of nitrogens with one attached hydrogen (secondary N) is 1. The first-order valence-corrected chi connectivity index (χ1v) is 4.83. The minimum atomic E-state index is 0. The van der Waals surface area contributed by atoms with Crippen molar-refractivity contribution in [1.29, 1.82) is 0 Å². The van der Waals surface area contributed by atoms with Crippen molar-refractivity contribution in [2.45, 2.75) is 38.3 Å². The quantitative estimate of drug-likeness (QED) is 0.733. The van der Waals surface area contributed by atoms with E-state index in [2.05, 4.69) is 17.1 Å². The summed E-state index contributed by atoms with van der Waals surface area (Å²) in [6.07, 6.45) is 4.36. The third-order valence-corrected chi connectivity index (χ3v) is 2.99. The highest BCUT2D eigenvalue weighted by atomic mass is 35.5. The molecule has 0 spiro atoms. The highest BCUT2D eigenvalue weighted by molar-refractivity contribution is 5.85. The van der Waals surface area contributed by atoms with Crippen LogP contribution in [0.4, 0.5) is 0 Å². The zero-order valence-electron chi connectivity index (χ0n) is 8.16. The molecule has 1 saturated heterocycles. The Morgan fingerprint density at radius 3 is 2.38 bits per heavy atom. The van der Waals surface area contributed by atoms with Crippen LogP contribution in [0.15, 0.2) is 0 Å². The Balaban J connectivity index is 0.000000720. The first-order valence-electron chi connectivity index (χ1n) is 4.83. The Labute approximate surface area is 93.3 Å². The summed E-state index contributed by atoms with van der Waals surface area (Å²) in [5.74, 6) is 0. The van der Waals surface area contributed by atoms with Gasteiger partial charge in [0.2, 0.25) is 0 Å². The van der Waals surface area contributed by atoms with E-state index in [9.17, 15) is 0 Å². The molecule has 0 bridgehead atoms. The molecule has 2 aliphatic rings. The molecule has 80 valence electrons. The van der Waals surface area contributed by atoms with Crippen molar-refractivity contribution in [1.82, 2.24) is 10.2 Å². The van der Waals surface area contributed by atoms with Crippen LogP contribution < -0.4 is 5.32 Å². The Morgan fingerprint density at radius 1 is 1.23 bits per heavy atom. The zero-order chi connectivity index (χ0) is 7.68. The van der Waals surface area contributed by atoms with Crippen LogP contribution >= 0.6 is 24.8 Å². The van der Waals surface area contributed by atoms with Gasteiger partial charge in [0.15, 0.2) is 0 Å². The van der Waals surface area contributed by atoms with E-state index in [1.807, 2.05) is 0 Å². The second kappa shape index (κ2) is 6.07. The number of hydrogen-bond donors (Lipinski definition) is 1. The van der Waals surface area contributed by atoms with Crippen LogP contribution in [0, 0.1) is 0 Å². The maximum atomic E-state index is 3.47. The van der Waals surface area contributed by atoms with E-state index in [0.717, 1.165) is 6.04 Å². The van der Waals surface area contributed by atoms with E-state index in [0.29, 0.717) is 6.04 Å². The second-order valence-corrected chi connectivity index (χ2v) is 3.93. The van der Waals surface area contributed by atoms with Gasteiger partial charge in [-0.05, 0) is 19.8 Å². The number of rotatable bonds is 1. The predicted octanol–water partition coefficient (Wildman–Crippen LogP) is 1.68. The van der Waals surface area contributed by atoms with Gasteiger partial charge in [-0.3, -0.25) is 4.90 Å². The molecule has 1 aliphatic carbocycles. The summed E-state index contributed by atoms with van der Waals surface area (Å²) < 4.78 is 0. The van der Waals surface area contributed by atoms with Crippen LogP contribution in [0.1, 0.15) is 26.2 Å². The average molecular weight is 227 g/mol. The second-order valence-electron chi connectivity index (χ2n) is 3.93. The van der Waals surface area contributed by atoms with Crippen molar-refractivity contribution >= 4 is 24.8 Å². The minimum absolute atomic E-state index is 0. The van der Waals surface area contributed by atoms with E-state index >= 15 is 0 Å². The van der Waals surface area contributed by atoms with E-state index in [4.69, 9.17) is 0 Å². The van der Waals surface area contributed by atoms with Crippen molar-refractivity contribution < 1.29 is 0 Å². The van der Waals surface area contributed by atoms with Crippen LogP contribution in [0.5, 0.6) is 0 Å². The van der Waals surface area contributed by atoms with Gasteiger partial charge in [0.1, 0.15) is 0 Å². The fraction of sp³-hybridized carbons (Fsp3) is 1.00. The topological polar surface area (TPSA) is 15.3 Å². The van der Waals surface area contributed by atoms with Crippen molar-refractivity contribution in [3.05, 3.63) is 0 Å². The summed E-state index contributed by atoms with van der Waals surface area (Å²) >= 11 is 0. The number of hydrogen-bond acceptors (Lipinski definition) is 2. The Kier molecular flexibility index (Phi) is 6.31. The normalized spacial score (nSPS) is 29.8. The maximum Gasteiger partial charge on any atom is 0.0167 e. The predicted molar refractivity (Wildman–Crippen MR) is 61.2 cm³/mol. The lowest BCUT2D eigenvalue weighted by molar-refractivity contribution is 0.0956. The summed E-state index contributed by atoms with van der Waals surface area (Å²) in [5.41, 5.74) is 0. The van der Waals surface area contributed by atoms with Gasteiger partial charge in [0.25, 0.3) is 0 Å². The highest BCUT2D eigenvalue weighted by Gasteiger charge is 2.27.